The highest BCUT2D eigenvalue weighted by molar-refractivity contribution is 5.69. The molecule has 17 heavy (non-hydrogen) atoms. The Hall–Kier alpha value is -1.35. The minimum absolute atomic E-state index is 0.138. The molecule has 3 heteroatoms. The normalized spacial score (nSPS) is 10.3. The molecule has 0 amide bonds. The molecule has 0 radical (unpaired) electrons. The Kier molecular flexibility index (Phi) is 5.70. The van der Waals surface area contributed by atoms with Crippen LogP contribution in [0.25, 0.3) is 0 Å². The van der Waals surface area contributed by atoms with Crippen molar-refractivity contribution in [1.29, 1.82) is 0 Å². The third-order valence-corrected chi connectivity index (χ3v) is 2.42. The maximum Gasteiger partial charge on any atom is 0.307 e. The minimum Gasteiger partial charge on any atom is -0.466 e. The van der Waals surface area contributed by atoms with Crippen molar-refractivity contribution in [2.24, 2.45) is 0 Å². The fourth-order valence-corrected chi connectivity index (χ4v) is 1.83. The summed E-state index contributed by atoms with van der Waals surface area (Å²) in [6.07, 6.45) is 0.429. The monoisotopic (exact) mass is 235 g/mol. The molecule has 1 rings (SSSR count). The molecular formula is C14H21NO2. The molecule has 3 nitrogen and oxygen atoms in total. The van der Waals surface area contributed by atoms with Gasteiger partial charge in [0.1, 0.15) is 0 Å². The van der Waals surface area contributed by atoms with Gasteiger partial charge in [0.05, 0.1) is 13.0 Å². The number of nitrogens with one attached hydrogen (secondary N) is 1. The average molecular weight is 235 g/mol. The summed E-state index contributed by atoms with van der Waals surface area (Å²) in [5.74, 6) is -0.138. The van der Waals surface area contributed by atoms with Crippen LogP contribution in [-0.2, 0) is 16.1 Å². The van der Waals surface area contributed by atoms with Gasteiger partial charge in [0.15, 0.2) is 0 Å². The maximum absolute atomic E-state index is 11.1. The van der Waals surface area contributed by atoms with Crippen LogP contribution in [0.3, 0.4) is 0 Å². The Morgan fingerprint density at radius 1 is 1.24 bits per heavy atom. The lowest BCUT2D eigenvalue weighted by molar-refractivity contribution is -0.142. The Morgan fingerprint density at radius 3 is 2.47 bits per heavy atom. The largest absolute Gasteiger partial charge is 0.466 e. The quantitative estimate of drug-likeness (QED) is 0.607. The highest BCUT2D eigenvalue weighted by atomic mass is 16.5. The summed E-state index contributed by atoms with van der Waals surface area (Å²) < 4.78 is 4.85. The van der Waals surface area contributed by atoms with E-state index in [1.54, 1.807) is 0 Å². The van der Waals surface area contributed by atoms with Crippen LogP contribution in [0.2, 0.25) is 0 Å². The van der Waals surface area contributed by atoms with Crippen LogP contribution in [-0.4, -0.2) is 19.1 Å². The van der Waals surface area contributed by atoms with Crippen molar-refractivity contribution in [2.75, 3.05) is 13.2 Å². The molecule has 0 aliphatic heterocycles. The van der Waals surface area contributed by atoms with E-state index in [0.29, 0.717) is 19.6 Å². The van der Waals surface area contributed by atoms with Crippen LogP contribution in [0.5, 0.6) is 0 Å². The van der Waals surface area contributed by atoms with Crippen LogP contribution in [0, 0.1) is 13.8 Å². The lowest BCUT2D eigenvalue weighted by Gasteiger charge is -2.07. The highest BCUT2D eigenvalue weighted by Crippen LogP contribution is 2.08. The molecule has 0 aliphatic rings. The number of carbonyl (C=O) groups excluding carboxylic acids is 1. The summed E-state index contributed by atoms with van der Waals surface area (Å²) in [4.78, 5) is 11.1. The zero-order valence-corrected chi connectivity index (χ0v) is 10.9. The van der Waals surface area contributed by atoms with Gasteiger partial charge in [-0.05, 0) is 26.3 Å². The van der Waals surface area contributed by atoms with Crippen molar-refractivity contribution >= 4 is 5.97 Å². The third kappa shape index (κ3) is 5.50. The summed E-state index contributed by atoms with van der Waals surface area (Å²) in [5.41, 5.74) is 3.80. The predicted molar refractivity (Wildman–Crippen MR) is 68.9 cm³/mol. The SMILES string of the molecule is CCOC(=O)CCNCc1cc(C)cc(C)c1. The van der Waals surface area contributed by atoms with Crippen LogP contribution in [0.1, 0.15) is 30.0 Å². The number of hydrogen-bond acceptors (Lipinski definition) is 3. The molecule has 0 spiro atoms. The number of aryl methyl sites for hydroxylation is 2. The van der Waals surface area contributed by atoms with Crippen molar-refractivity contribution < 1.29 is 9.53 Å². The average Bonchev–Trinajstić information content (AvgIpc) is 2.23. The van der Waals surface area contributed by atoms with Crippen molar-refractivity contribution in [3.05, 3.63) is 34.9 Å². The Bertz CT molecular complexity index is 354. The van der Waals surface area contributed by atoms with Gasteiger partial charge in [-0.2, -0.15) is 0 Å². The fraction of sp³-hybridized carbons (Fsp3) is 0.500. The second-order valence-corrected chi connectivity index (χ2v) is 4.23. The van der Waals surface area contributed by atoms with Gasteiger partial charge in [0.2, 0.25) is 0 Å². The lowest BCUT2D eigenvalue weighted by Crippen LogP contribution is -2.19. The summed E-state index contributed by atoms with van der Waals surface area (Å²) in [5, 5.41) is 3.24. The van der Waals surface area contributed by atoms with Crippen molar-refractivity contribution in [1.82, 2.24) is 5.32 Å². The first-order valence-electron chi connectivity index (χ1n) is 6.05. The second kappa shape index (κ2) is 7.07. The first kappa shape index (κ1) is 13.7. The molecule has 0 aliphatic carbocycles. The molecule has 1 N–H and O–H groups in total. The van der Waals surface area contributed by atoms with Gasteiger partial charge in [-0.25, -0.2) is 0 Å². The first-order valence-corrected chi connectivity index (χ1v) is 6.05. The van der Waals surface area contributed by atoms with Gasteiger partial charge < -0.3 is 10.1 Å². The molecular weight excluding hydrogens is 214 g/mol. The number of esters is 1. The molecule has 1 aromatic carbocycles. The van der Waals surface area contributed by atoms with E-state index in [1.807, 2.05) is 6.92 Å². The van der Waals surface area contributed by atoms with Crippen LogP contribution in [0.4, 0.5) is 0 Å². The molecule has 0 saturated carbocycles. The summed E-state index contributed by atoms with van der Waals surface area (Å²) in [6, 6.07) is 6.47. The van der Waals surface area contributed by atoms with Crippen molar-refractivity contribution in [3.8, 4) is 0 Å². The van der Waals surface area contributed by atoms with Gasteiger partial charge in [-0.15, -0.1) is 0 Å². The van der Waals surface area contributed by atoms with Crippen molar-refractivity contribution in [2.45, 2.75) is 33.7 Å². The summed E-state index contributed by atoms with van der Waals surface area (Å²) >= 11 is 0. The predicted octanol–water partition coefficient (Wildman–Crippen LogP) is 2.35. The van der Waals surface area contributed by atoms with E-state index in [4.69, 9.17) is 4.74 Å². The molecule has 1 aromatic rings. The third-order valence-electron chi connectivity index (χ3n) is 2.42. The Morgan fingerprint density at radius 2 is 1.88 bits per heavy atom. The number of rotatable bonds is 6. The van der Waals surface area contributed by atoms with Gasteiger partial charge in [0, 0.05) is 13.1 Å². The van der Waals surface area contributed by atoms with Crippen LogP contribution >= 0.6 is 0 Å². The Balaban J connectivity index is 2.28. The van der Waals surface area contributed by atoms with E-state index >= 15 is 0 Å². The summed E-state index contributed by atoms with van der Waals surface area (Å²) in [7, 11) is 0. The van der Waals surface area contributed by atoms with Crippen LogP contribution < -0.4 is 5.32 Å². The molecule has 0 saturated heterocycles. The van der Waals surface area contributed by atoms with E-state index in [0.717, 1.165) is 6.54 Å². The van der Waals surface area contributed by atoms with E-state index in [2.05, 4.69) is 37.4 Å². The molecule has 0 aromatic heterocycles. The number of hydrogen-bond donors (Lipinski definition) is 1. The topological polar surface area (TPSA) is 38.3 Å². The van der Waals surface area contributed by atoms with Crippen LogP contribution in [0.15, 0.2) is 18.2 Å². The number of ether oxygens (including phenoxy) is 1. The second-order valence-electron chi connectivity index (χ2n) is 4.23. The fourth-order valence-electron chi connectivity index (χ4n) is 1.83. The standard InChI is InChI=1S/C14H21NO2/c1-4-17-14(16)5-6-15-10-13-8-11(2)7-12(3)9-13/h7-9,15H,4-6,10H2,1-3H3. The van der Waals surface area contributed by atoms with Crippen molar-refractivity contribution in [3.63, 3.8) is 0 Å². The molecule has 0 atom stereocenters. The highest BCUT2D eigenvalue weighted by Gasteiger charge is 2.01. The number of carbonyl (C=O) groups is 1. The molecule has 0 heterocycles. The van der Waals surface area contributed by atoms with Gasteiger partial charge >= 0.3 is 5.97 Å². The number of benzene rings is 1. The zero-order chi connectivity index (χ0) is 12.7. The smallest absolute Gasteiger partial charge is 0.307 e. The van der Waals surface area contributed by atoms with E-state index in [1.165, 1.54) is 16.7 Å². The molecule has 0 bridgehead atoms. The minimum atomic E-state index is -0.138. The molecule has 0 fully saturated rings. The Labute approximate surface area is 103 Å². The van der Waals surface area contributed by atoms with E-state index < -0.39 is 0 Å². The van der Waals surface area contributed by atoms with Gasteiger partial charge in [-0.3, -0.25) is 4.79 Å². The lowest BCUT2D eigenvalue weighted by atomic mass is 10.1. The molecule has 94 valence electrons. The van der Waals surface area contributed by atoms with Gasteiger partial charge in [0.25, 0.3) is 0 Å². The first-order chi connectivity index (χ1) is 8.11. The van der Waals surface area contributed by atoms with E-state index in [9.17, 15) is 4.79 Å². The van der Waals surface area contributed by atoms with Gasteiger partial charge in [-0.1, -0.05) is 29.3 Å². The zero-order valence-electron chi connectivity index (χ0n) is 10.9. The maximum atomic E-state index is 11.1. The summed E-state index contributed by atoms with van der Waals surface area (Å²) in [6.45, 7) is 7.91. The molecule has 0 unspecified atom stereocenters. The van der Waals surface area contributed by atoms with E-state index in [-0.39, 0.29) is 5.97 Å².